The molecule has 1 aromatic carbocycles. The van der Waals surface area contributed by atoms with Gasteiger partial charge in [-0.25, -0.2) is 27.1 Å². The van der Waals surface area contributed by atoms with Crippen LogP contribution in [0.3, 0.4) is 0 Å². The van der Waals surface area contributed by atoms with Crippen LogP contribution in [0.5, 0.6) is 0 Å². The molecule has 0 saturated carbocycles. The second-order valence-corrected chi connectivity index (χ2v) is 8.88. The zero-order valence-electron chi connectivity index (χ0n) is 10.7. The first kappa shape index (κ1) is 16.2. The lowest BCUT2D eigenvalue weighted by atomic mass is 9.99. The van der Waals surface area contributed by atoms with E-state index >= 15 is 0 Å². The molecule has 1 aromatic rings. The molecule has 0 aromatic heterocycles. The lowest BCUT2D eigenvalue weighted by Crippen LogP contribution is -2.52. The minimum atomic E-state index is -4.50. The predicted octanol–water partition coefficient (Wildman–Crippen LogP) is 0.870. The van der Waals surface area contributed by atoms with E-state index in [2.05, 4.69) is 0 Å². The Morgan fingerprint density at radius 3 is 1.95 bits per heavy atom. The monoisotopic (exact) mass is 348 g/mol. The molecule has 0 amide bonds. The molecule has 114 valence electrons. The first-order valence-corrected chi connectivity index (χ1v) is 9.24. The summed E-state index contributed by atoms with van der Waals surface area (Å²) in [5, 5.41) is 10.1. The Morgan fingerprint density at radius 2 is 1.52 bits per heavy atom. The van der Waals surface area contributed by atoms with Crippen LogP contribution in [-0.4, -0.2) is 20.9 Å². The predicted molar refractivity (Wildman–Crippen MR) is 81.9 cm³/mol. The van der Waals surface area contributed by atoms with Crippen LogP contribution in [0.25, 0.3) is 5.57 Å². The summed E-state index contributed by atoms with van der Waals surface area (Å²) >= 11 is 6.07. The Labute approximate surface area is 128 Å². The summed E-state index contributed by atoms with van der Waals surface area (Å²) in [5.74, 6) is 0. The number of allylic oxidation sites excluding steroid dienone is 3. The Morgan fingerprint density at radius 1 is 1.00 bits per heavy atom. The smallest absolute Gasteiger partial charge is 0.227 e. The van der Waals surface area contributed by atoms with Gasteiger partial charge in [-0.2, -0.15) is 0 Å². The molecular formula is C12H13ClN2O4S2. The molecule has 2 rings (SSSR count). The summed E-state index contributed by atoms with van der Waals surface area (Å²) in [5.41, 5.74) is 1.26. The summed E-state index contributed by atoms with van der Waals surface area (Å²) in [6.07, 6.45) is 1.90. The maximum absolute atomic E-state index is 11.7. The van der Waals surface area contributed by atoms with Crippen LogP contribution in [0.4, 0.5) is 0 Å². The van der Waals surface area contributed by atoms with Gasteiger partial charge in [0.15, 0.2) is 0 Å². The van der Waals surface area contributed by atoms with E-state index in [4.69, 9.17) is 21.9 Å². The molecule has 0 aliphatic heterocycles. The van der Waals surface area contributed by atoms with E-state index in [1.165, 1.54) is 6.08 Å². The van der Waals surface area contributed by atoms with Gasteiger partial charge in [-0.15, -0.1) is 0 Å². The molecule has 0 spiro atoms. The van der Waals surface area contributed by atoms with Crippen molar-refractivity contribution in [1.82, 2.24) is 0 Å². The van der Waals surface area contributed by atoms with E-state index in [9.17, 15) is 16.8 Å². The fourth-order valence-corrected chi connectivity index (χ4v) is 5.10. The van der Waals surface area contributed by atoms with Crippen LogP contribution in [0.15, 0.2) is 47.5 Å². The Balaban J connectivity index is 2.60. The number of hydrogen-bond acceptors (Lipinski definition) is 4. The van der Waals surface area contributed by atoms with Crippen molar-refractivity contribution in [2.45, 2.75) is 10.5 Å². The van der Waals surface area contributed by atoms with Crippen LogP contribution in [0, 0.1) is 0 Å². The molecule has 1 aliphatic carbocycles. The number of benzene rings is 1. The molecule has 0 radical (unpaired) electrons. The van der Waals surface area contributed by atoms with Crippen molar-refractivity contribution >= 4 is 37.2 Å². The van der Waals surface area contributed by atoms with Gasteiger partial charge in [0.1, 0.15) is 0 Å². The number of sulfonamides is 2. The summed E-state index contributed by atoms with van der Waals surface area (Å²) in [4.78, 5) is 0. The number of hydrogen-bond donors (Lipinski definition) is 2. The summed E-state index contributed by atoms with van der Waals surface area (Å²) < 4.78 is 44.5. The Bertz CT molecular complexity index is 795. The van der Waals surface area contributed by atoms with E-state index in [1.54, 1.807) is 24.3 Å². The van der Waals surface area contributed by atoms with Crippen molar-refractivity contribution < 1.29 is 16.8 Å². The molecule has 21 heavy (non-hydrogen) atoms. The zero-order chi connectivity index (χ0) is 15.9. The van der Waals surface area contributed by atoms with Crippen molar-refractivity contribution in [2.75, 3.05) is 0 Å². The lowest BCUT2D eigenvalue weighted by Gasteiger charge is -2.28. The van der Waals surface area contributed by atoms with Crippen molar-refractivity contribution in [3.05, 3.63) is 53.1 Å². The van der Waals surface area contributed by atoms with Gasteiger partial charge in [0.05, 0.1) is 0 Å². The summed E-state index contributed by atoms with van der Waals surface area (Å²) in [6, 6.07) is 8.90. The second-order valence-electron chi connectivity index (χ2n) is 4.58. The van der Waals surface area contributed by atoms with Crippen LogP contribution in [0.1, 0.15) is 12.0 Å². The lowest BCUT2D eigenvalue weighted by molar-refractivity contribution is 0.559. The third kappa shape index (κ3) is 2.77. The molecule has 0 fully saturated rings. The molecule has 0 bridgehead atoms. The summed E-state index contributed by atoms with van der Waals surface area (Å²) in [7, 11) is -9.00. The largest absolute Gasteiger partial charge is 0.234 e. The molecule has 9 heteroatoms. The third-order valence-electron chi connectivity index (χ3n) is 3.24. The standard InChI is InChI=1S/C12H13ClN2O4S2/c13-11-8-12(20(14,16)17,21(15,18)19)7-6-10(11)9-4-2-1-3-5-9/h1-6,8H,7H2,(H2,14,16,17)(H2,15,18,19). The van der Waals surface area contributed by atoms with E-state index < -0.39 is 30.5 Å². The topological polar surface area (TPSA) is 120 Å². The van der Waals surface area contributed by atoms with Crippen LogP contribution >= 0.6 is 11.6 Å². The van der Waals surface area contributed by atoms with Crippen LogP contribution in [0.2, 0.25) is 0 Å². The van der Waals surface area contributed by atoms with Gasteiger partial charge in [0, 0.05) is 11.5 Å². The first-order valence-electron chi connectivity index (χ1n) is 5.77. The average molecular weight is 349 g/mol. The number of halogens is 1. The highest BCUT2D eigenvalue weighted by Gasteiger charge is 2.51. The molecule has 0 atom stereocenters. The zero-order valence-corrected chi connectivity index (χ0v) is 13.1. The average Bonchev–Trinajstić information content (AvgIpc) is 2.37. The van der Waals surface area contributed by atoms with E-state index in [-0.39, 0.29) is 5.03 Å². The quantitative estimate of drug-likeness (QED) is 0.841. The maximum Gasteiger partial charge on any atom is 0.234 e. The minimum Gasteiger partial charge on any atom is -0.227 e. The van der Waals surface area contributed by atoms with Gasteiger partial charge in [-0.1, -0.05) is 48.0 Å². The van der Waals surface area contributed by atoms with Gasteiger partial charge < -0.3 is 0 Å². The molecule has 1 aliphatic rings. The molecular weight excluding hydrogens is 336 g/mol. The SMILES string of the molecule is NS(=O)(=O)C1(S(N)(=O)=O)C=C(Cl)C(c2ccccc2)=CC1. The highest BCUT2D eigenvalue weighted by Crippen LogP contribution is 2.39. The molecule has 0 heterocycles. The van der Waals surface area contributed by atoms with E-state index in [0.717, 1.165) is 11.6 Å². The third-order valence-corrected chi connectivity index (χ3v) is 7.44. The van der Waals surface area contributed by atoms with Crippen LogP contribution in [-0.2, 0) is 20.0 Å². The molecule has 0 unspecified atom stereocenters. The second kappa shape index (κ2) is 5.22. The number of primary sulfonamides is 2. The molecule has 0 saturated heterocycles. The van der Waals surface area contributed by atoms with Gasteiger partial charge in [-0.3, -0.25) is 0 Å². The Hall–Kier alpha value is -1.19. The van der Waals surface area contributed by atoms with Gasteiger partial charge in [0.2, 0.25) is 24.1 Å². The van der Waals surface area contributed by atoms with Crippen molar-refractivity contribution in [3.8, 4) is 0 Å². The van der Waals surface area contributed by atoms with Crippen LogP contribution < -0.4 is 10.3 Å². The Kier molecular flexibility index (Phi) is 4.02. The maximum atomic E-state index is 11.7. The van der Waals surface area contributed by atoms with Crippen molar-refractivity contribution in [3.63, 3.8) is 0 Å². The number of nitrogens with two attached hydrogens (primary N) is 2. The highest BCUT2D eigenvalue weighted by molar-refractivity contribution is 8.08. The first-order chi connectivity index (χ1) is 9.58. The van der Waals surface area contributed by atoms with Gasteiger partial charge >= 0.3 is 0 Å². The van der Waals surface area contributed by atoms with E-state index in [1.807, 2.05) is 6.07 Å². The van der Waals surface area contributed by atoms with Crippen molar-refractivity contribution in [1.29, 1.82) is 0 Å². The normalized spacial score (nSPS) is 18.8. The minimum absolute atomic E-state index is 0.0319. The molecule has 4 N–H and O–H groups in total. The summed E-state index contributed by atoms with van der Waals surface area (Å²) in [6.45, 7) is 0. The highest BCUT2D eigenvalue weighted by atomic mass is 35.5. The van der Waals surface area contributed by atoms with Gasteiger partial charge in [-0.05, 0) is 17.2 Å². The molecule has 6 nitrogen and oxygen atoms in total. The van der Waals surface area contributed by atoms with Crippen molar-refractivity contribution in [2.24, 2.45) is 10.3 Å². The van der Waals surface area contributed by atoms with E-state index in [0.29, 0.717) is 5.57 Å². The fraction of sp³-hybridized carbons (Fsp3) is 0.167. The van der Waals surface area contributed by atoms with Gasteiger partial charge in [0.25, 0.3) is 0 Å². The fourth-order valence-electron chi connectivity index (χ4n) is 2.10. The number of rotatable bonds is 3.